The SMILES string of the molecule is C=CN=C(SCC(=C)C)/C(C)=C/C=C\C. The summed E-state index contributed by atoms with van der Waals surface area (Å²) in [6.07, 6.45) is 7.63. The van der Waals surface area contributed by atoms with Crippen molar-refractivity contribution in [3.05, 3.63) is 48.7 Å². The Morgan fingerprint density at radius 2 is 2.07 bits per heavy atom. The monoisotopic (exact) mass is 221 g/mol. The predicted octanol–water partition coefficient (Wildman–Crippen LogP) is 4.36. The van der Waals surface area contributed by atoms with Crippen LogP contribution in [-0.2, 0) is 0 Å². The molecule has 0 aliphatic carbocycles. The number of thioether (sulfide) groups is 1. The quantitative estimate of drug-likeness (QED) is 0.291. The second-order valence-corrected chi connectivity index (χ2v) is 4.20. The second-order valence-electron chi connectivity index (χ2n) is 3.24. The van der Waals surface area contributed by atoms with E-state index < -0.39 is 0 Å². The highest BCUT2D eigenvalue weighted by atomic mass is 32.2. The molecule has 82 valence electrons. The second kappa shape index (κ2) is 8.30. The highest BCUT2D eigenvalue weighted by Crippen LogP contribution is 2.15. The van der Waals surface area contributed by atoms with Gasteiger partial charge in [0.1, 0.15) is 0 Å². The van der Waals surface area contributed by atoms with E-state index in [-0.39, 0.29) is 0 Å². The van der Waals surface area contributed by atoms with Crippen LogP contribution in [0.2, 0.25) is 0 Å². The van der Waals surface area contributed by atoms with E-state index in [0.717, 1.165) is 21.9 Å². The van der Waals surface area contributed by atoms with Crippen molar-refractivity contribution >= 4 is 16.8 Å². The van der Waals surface area contributed by atoms with E-state index in [1.807, 2.05) is 39.0 Å². The van der Waals surface area contributed by atoms with Crippen LogP contribution in [0.1, 0.15) is 20.8 Å². The average molecular weight is 221 g/mol. The first-order chi connectivity index (χ1) is 7.11. The molecular weight excluding hydrogens is 202 g/mol. The van der Waals surface area contributed by atoms with Crippen molar-refractivity contribution in [2.75, 3.05) is 5.75 Å². The van der Waals surface area contributed by atoms with Gasteiger partial charge in [0, 0.05) is 12.0 Å². The first-order valence-corrected chi connectivity index (χ1v) is 5.86. The first kappa shape index (κ1) is 14.0. The Hall–Kier alpha value is -1.02. The molecule has 0 heterocycles. The molecule has 0 aliphatic heterocycles. The number of allylic oxidation sites excluding steroid dienone is 3. The van der Waals surface area contributed by atoms with Crippen LogP contribution in [0.4, 0.5) is 0 Å². The molecule has 1 nitrogen and oxygen atoms in total. The third-order valence-electron chi connectivity index (χ3n) is 1.54. The summed E-state index contributed by atoms with van der Waals surface area (Å²) in [6, 6.07) is 0. The summed E-state index contributed by atoms with van der Waals surface area (Å²) in [4.78, 5) is 4.25. The third-order valence-corrected chi connectivity index (χ3v) is 2.88. The van der Waals surface area contributed by atoms with Gasteiger partial charge in [-0.05, 0) is 26.3 Å². The van der Waals surface area contributed by atoms with E-state index in [0.29, 0.717) is 0 Å². The Labute approximate surface area is 97.4 Å². The lowest BCUT2D eigenvalue weighted by molar-refractivity contribution is 1.44. The van der Waals surface area contributed by atoms with Crippen LogP contribution in [0.25, 0.3) is 0 Å². The molecule has 0 aliphatic rings. The molecule has 0 aromatic carbocycles. The van der Waals surface area contributed by atoms with Crippen LogP contribution in [0.15, 0.2) is 53.7 Å². The van der Waals surface area contributed by atoms with Crippen molar-refractivity contribution in [1.82, 2.24) is 0 Å². The molecule has 0 atom stereocenters. The van der Waals surface area contributed by atoms with E-state index in [1.165, 1.54) is 0 Å². The molecule has 0 aromatic heterocycles. The summed E-state index contributed by atoms with van der Waals surface area (Å²) >= 11 is 1.69. The summed E-state index contributed by atoms with van der Waals surface area (Å²) in [6.45, 7) is 13.6. The van der Waals surface area contributed by atoms with Crippen LogP contribution in [0.3, 0.4) is 0 Å². The molecule has 0 rings (SSSR count). The highest BCUT2D eigenvalue weighted by molar-refractivity contribution is 8.14. The summed E-state index contributed by atoms with van der Waals surface area (Å²) in [5.74, 6) is 0.897. The lowest BCUT2D eigenvalue weighted by Crippen LogP contribution is -1.96. The number of nitrogens with zero attached hydrogens (tertiary/aromatic N) is 1. The molecule has 2 heteroatoms. The summed E-state index contributed by atoms with van der Waals surface area (Å²) in [7, 11) is 0. The fourth-order valence-corrected chi connectivity index (χ4v) is 1.67. The van der Waals surface area contributed by atoms with Crippen LogP contribution in [-0.4, -0.2) is 10.8 Å². The summed E-state index contributed by atoms with van der Waals surface area (Å²) < 4.78 is 0. The van der Waals surface area contributed by atoms with Crippen LogP contribution in [0.5, 0.6) is 0 Å². The lowest BCUT2D eigenvalue weighted by atomic mass is 10.3. The zero-order valence-electron chi connectivity index (χ0n) is 9.79. The van der Waals surface area contributed by atoms with Crippen molar-refractivity contribution in [2.45, 2.75) is 20.8 Å². The Bertz CT molecular complexity index is 308. The molecule has 0 saturated heterocycles. The zero-order valence-corrected chi connectivity index (χ0v) is 10.6. The van der Waals surface area contributed by atoms with Gasteiger partial charge in [-0.1, -0.05) is 37.0 Å². The van der Waals surface area contributed by atoms with Gasteiger partial charge in [0.15, 0.2) is 0 Å². The molecule has 0 saturated carbocycles. The Morgan fingerprint density at radius 1 is 1.40 bits per heavy atom. The third kappa shape index (κ3) is 6.97. The van der Waals surface area contributed by atoms with Crippen molar-refractivity contribution < 1.29 is 0 Å². The van der Waals surface area contributed by atoms with E-state index >= 15 is 0 Å². The van der Waals surface area contributed by atoms with E-state index in [9.17, 15) is 0 Å². The standard InChI is InChI=1S/C13H19NS/c1-6-8-9-12(5)13(14-7-2)15-10-11(3)4/h6-9H,2-3,10H2,1,4-5H3/b8-6-,12-9+,14-13?. The van der Waals surface area contributed by atoms with Crippen LogP contribution >= 0.6 is 11.8 Å². The fourth-order valence-electron chi connectivity index (χ4n) is 0.839. The average Bonchev–Trinajstić information content (AvgIpc) is 2.20. The van der Waals surface area contributed by atoms with Crippen molar-refractivity contribution in [1.29, 1.82) is 0 Å². The van der Waals surface area contributed by atoms with Gasteiger partial charge < -0.3 is 0 Å². The van der Waals surface area contributed by atoms with Crippen LogP contribution < -0.4 is 0 Å². The Balaban J connectivity index is 4.59. The molecule has 0 amide bonds. The van der Waals surface area contributed by atoms with Gasteiger partial charge in [0.05, 0.1) is 5.04 Å². The molecule has 0 bridgehead atoms. The maximum Gasteiger partial charge on any atom is 0.0991 e. The van der Waals surface area contributed by atoms with E-state index in [1.54, 1.807) is 18.0 Å². The van der Waals surface area contributed by atoms with Gasteiger partial charge in [-0.3, -0.25) is 4.99 Å². The molecule has 0 unspecified atom stereocenters. The van der Waals surface area contributed by atoms with Gasteiger partial charge in [0.25, 0.3) is 0 Å². The molecular formula is C13H19NS. The largest absolute Gasteiger partial charge is 0.250 e. The normalized spacial score (nSPS) is 13.3. The molecule has 15 heavy (non-hydrogen) atoms. The van der Waals surface area contributed by atoms with Gasteiger partial charge in [-0.25, -0.2) is 0 Å². The van der Waals surface area contributed by atoms with Gasteiger partial charge in [-0.2, -0.15) is 0 Å². The van der Waals surface area contributed by atoms with E-state index in [4.69, 9.17) is 0 Å². The smallest absolute Gasteiger partial charge is 0.0991 e. The minimum atomic E-state index is 0.897. The van der Waals surface area contributed by atoms with Gasteiger partial charge in [0.2, 0.25) is 0 Å². The Morgan fingerprint density at radius 3 is 2.53 bits per heavy atom. The molecule has 0 spiro atoms. The first-order valence-electron chi connectivity index (χ1n) is 4.87. The highest BCUT2D eigenvalue weighted by Gasteiger charge is 2.01. The maximum atomic E-state index is 4.25. The fraction of sp³-hybridized carbons (Fsp3) is 0.308. The minimum Gasteiger partial charge on any atom is -0.250 e. The topological polar surface area (TPSA) is 12.4 Å². The maximum absolute atomic E-state index is 4.25. The molecule has 0 N–H and O–H groups in total. The lowest BCUT2D eigenvalue weighted by Gasteiger charge is -2.04. The number of hydrogen-bond donors (Lipinski definition) is 0. The van der Waals surface area contributed by atoms with Gasteiger partial charge in [-0.15, -0.1) is 11.8 Å². The predicted molar refractivity (Wildman–Crippen MR) is 73.5 cm³/mol. The van der Waals surface area contributed by atoms with Crippen molar-refractivity contribution in [3.8, 4) is 0 Å². The number of aliphatic imine (C=N–C) groups is 1. The van der Waals surface area contributed by atoms with Crippen LogP contribution in [0, 0.1) is 0 Å². The van der Waals surface area contributed by atoms with Gasteiger partial charge >= 0.3 is 0 Å². The number of rotatable bonds is 5. The zero-order chi connectivity index (χ0) is 11.7. The minimum absolute atomic E-state index is 0.897. The summed E-state index contributed by atoms with van der Waals surface area (Å²) in [5, 5.41) is 1.01. The number of hydrogen-bond acceptors (Lipinski definition) is 2. The molecule has 0 fully saturated rings. The van der Waals surface area contributed by atoms with Crippen molar-refractivity contribution in [2.24, 2.45) is 4.99 Å². The molecule has 0 aromatic rings. The summed E-state index contributed by atoms with van der Waals surface area (Å²) in [5.41, 5.74) is 2.30. The molecule has 0 radical (unpaired) electrons. The van der Waals surface area contributed by atoms with E-state index in [2.05, 4.69) is 18.2 Å². The Kier molecular flexibility index (Phi) is 7.74. The van der Waals surface area contributed by atoms with Crippen molar-refractivity contribution in [3.63, 3.8) is 0 Å².